The van der Waals surface area contributed by atoms with Crippen molar-refractivity contribution in [1.82, 2.24) is 9.88 Å². The molecule has 0 amide bonds. The molecule has 2 saturated heterocycles. The fourth-order valence-electron chi connectivity index (χ4n) is 6.88. The number of piperidine rings is 1. The summed E-state index contributed by atoms with van der Waals surface area (Å²) in [5, 5.41) is 9.64. The van der Waals surface area contributed by atoms with Crippen LogP contribution in [0.2, 0.25) is 0 Å². The molecule has 1 saturated carbocycles. The molecule has 7 heteroatoms. The number of carboxylic acid groups (broad SMARTS) is 1. The number of pyridine rings is 1. The van der Waals surface area contributed by atoms with Gasteiger partial charge in [-0.3, -0.25) is 9.69 Å². The number of aryl methyl sites for hydroxylation is 1. The molecular formula is C33H37N3O4. The zero-order valence-electron chi connectivity index (χ0n) is 23.4. The molecule has 40 heavy (non-hydrogen) atoms. The van der Waals surface area contributed by atoms with E-state index in [0.29, 0.717) is 19.1 Å². The number of aliphatic carboxylic acids is 1. The zero-order chi connectivity index (χ0) is 27.4. The summed E-state index contributed by atoms with van der Waals surface area (Å²) < 4.78 is 11.9. The van der Waals surface area contributed by atoms with Gasteiger partial charge >= 0.3 is 5.97 Å². The number of nitrogens with zero attached hydrogens (tertiary/aromatic N) is 3. The fourth-order valence-corrected chi connectivity index (χ4v) is 6.88. The highest BCUT2D eigenvalue weighted by Crippen LogP contribution is 2.58. The van der Waals surface area contributed by atoms with Crippen molar-refractivity contribution in [1.29, 1.82) is 0 Å². The summed E-state index contributed by atoms with van der Waals surface area (Å²) in [7, 11) is 0. The Morgan fingerprint density at radius 1 is 1.15 bits per heavy atom. The van der Waals surface area contributed by atoms with Crippen molar-refractivity contribution in [2.24, 2.45) is 11.3 Å². The van der Waals surface area contributed by atoms with Gasteiger partial charge in [-0.05, 0) is 85.5 Å². The van der Waals surface area contributed by atoms with Crippen molar-refractivity contribution in [3.63, 3.8) is 0 Å². The summed E-state index contributed by atoms with van der Waals surface area (Å²) >= 11 is 0. The average Bonchev–Trinajstić information content (AvgIpc) is 3.68. The molecule has 4 aliphatic rings. The highest BCUT2D eigenvalue weighted by Gasteiger charge is 2.62. The van der Waals surface area contributed by atoms with Crippen molar-refractivity contribution in [3.8, 4) is 17.0 Å². The zero-order valence-corrected chi connectivity index (χ0v) is 23.4. The van der Waals surface area contributed by atoms with Crippen molar-refractivity contribution < 1.29 is 19.4 Å². The van der Waals surface area contributed by atoms with Crippen LogP contribution in [0.25, 0.3) is 11.3 Å². The molecule has 1 aliphatic carbocycles. The van der Waals surface area contributed by atoms with Crippen LogP contribution >= 0.6 is 0 Å². The van der Waals surface area contributed by atoms with Gasteiger partial charge < -0.3 is 19.5 Å². The molecule has 7 nitrogen and oxygen atoms in total. The maximum absolute atomic E-state index is 11.7. The SMILES string of the molecule is Cc1ccc(OCc2ccc3c(c2C)CCN(C2COC2)C3)c(-c2cccc(N3CCC4(C(=O)O)CC4C3)n2)c1. The minimum atomic E-state index is -0.639. The largest absolute Gasteiger partial charge is 0.488 e. The lowest BCUT2D eigenvalue weighted by Gasteiger charge is -2.40. The van der Waals surface area contributed by atoms with Gasteiger partial charge in [0.1, 0.15) is 18.2 Å². The summed E-state index contributed by atoms with van der Waals surface area (Å²) in [5.74, 6) is 1.32. The van der Waals surface area contributed by atoms with Crippen LogP contribution in [0.15, 0.2) is 48.5 Å². The lowest BCUT2D eigenvalue weighted by Crippen LogP contribution is -2.50. The maximum Gasteiger partial charge on any atom is 0.310 e. The van der Waals surface area contributed by atoms with Gasteiger partial charge in [-0.15, -0.1) is 0 Å². The molecule has 1 aromatic heterocycles. The van der Waals surface area contributed by atoms with E-state index in [2.05, 4.69) is 54.0 Å². The van der Waals surface area contributed by atoms with Gasteiger partial charge in [0.2, 0.25) is 0 Å². The lowest BCUT2D eigenvalue weighted by atomic mass is 9.91. The van der Waals surface area contributed by atoms with Gasteiger partial charge in [-0.1, -0.05) is 29.8 Å². The molecule has 1 N–H and O–H groups in total. The van der Waals surface area contributed by atoms with Gasteiger partial charge in [0.25, 0.3) is 0 Å². The van der Waals surface area contributed by atoms with E-state index in [-0.39, 0.29) is 5.92 Å². The van der Waals surface area contributed by atoms with Crippen LogP contribution in [0.1, 0.15) is 40.7 Å². The second-order valence-electron chi connectivity index (χ2n) is 12.1. The fraction of sp³-hybridized carbons (Fsp3) is 0.455. The van der Waals surface area contributed by atoms with Crippen LogP contribution in [0.4, 0.5) is 5.82 Å². The highest BCUT2D eigenvalue weighted by atomic mass is 16.5. The predicted octanol–water partition coefficient (Wildman–Crippen LogP) is 5.00. The minimum absolute atomic E-state index is 0.220. The molecule has 7 rings (SSSR count). The van der Waals surface area contributed by atoms with Crippen LogP contribution in [0.5, 0.6) is 5.75 Å². The number of benzene rings is 2. The van der Waals surface area contributed by atoms with Crippen LogP contribution in [-0.4, -0.2) is 59.8 Å². The minimum Gasteiger partial charge on any atom is -0.488 e. The van der Waals surface area contributed by atoms with Gasteiger partial charge in [0.05, 0.1) is 30.4 Å². The first-order chi connectivity index (χ1) is 19.4. The third-order valence-electron chi connectivity index (χ3n) is 9.75. The second kappa shape index (κ2) is 9.89. The number of carbonyl (C=O) groups is 1. The number of carboxylic acids is 1. The van der Waals surface area contributed by atoms with Crippen molar-refractivity contribution >= 4 is 11.8 Å². The monoisotopic (exact) mass is 539 g/mol. The van der Waals surface area contributed by atoms with E-state index in [1.807, 2.05) is 18.2 Å². The number of fused-ring (bicyclic) bond motifs is 2. The maximum atomic E-state index is 11.7. The normalized spacial score (nSPS) is 24.1. The number of hydrogen-bond acceptors (Lipinski definition) is 6. The van der Waals surface area contributed by atoms with E-state index >= 15 is 0 Å². The lowest BCUT2D eigenvalue weighted by molar-refractivity contribution is -0.144. The predicted molar refractivity (Wildman–Crippen MR) is 154 cm³/mol. The summed E-state index contributed by atoms with van der Waals surface area (Å²) in [6.45, 7) is 10.1. The Kier molecular flexibility index (Phi) is 6.32. The highest BCUT2D eigenvalue weighted by molar-refractivity contribution is 5.79. The Bertz CT molecular complexity index is 1470. The van der Waals surface area contributed by atoms with E-state index < -0.39 is 11.4 Å². The molecule has 0 bridgehead atoms. The third kappa shape index (κ3) is 4.45. The molecule has 2 aromatic carbocycles. The van der Waals surface area contributed by atoms with Gasteiger partial charge in [-0.25, -0.2) is 4.98 Å². The van der Waals surface area contributed by atoms with Crippen LogP contribution in [0, 0.1) is 25.2 Å². The second-order valence-corrected chi connectivity index (χ2v) is 12.1. The van der Waals surface area contributed by atoms with Crippen molar-refractivity contribution in [2.45, 2.75) is 52.3 Å². The molecule has 3 fully saturated rings. The van der Waals surface area contributed by atoms with E-state index in [4.69, 9.17) is 14.5 Å². The molecule has 4 heterocycles. The van der Waals surface area contributed by atoms with Crippen LogP contribution < -0.4 is 9.64 Å². The molecule has 2 unspecified atom stereocenters. The molecule has 0 spiro atoms. The Hall–Kier alpha value is -3.42. The van der Waals surface area contributed by atoms with Gasteiger partial charge in [0.15, 0.2) is 0 Å². The van der Waals surface area contributed by atoms with Crippen LogP contribution in [-0.2, 0) is 29.1 Å². The van der Waals surface area contributed by atoms with E-state index in [1.54, 1.807) is 0 Å². The Labute approximate surface area is 235 Å². The molecule has 208 valence electrons. The first-order valence-electron chi connectivity index (χ1n) is 14.5. The van der Waals surface area contributed by atoms with Crippen molar-refractivity contribution in [3.05, 3.63) is 76.3 Å². The molecule has 3 aliphatic heterocycles. The molecule has 2 atom stereocenters. The molecule has 0 radical (unpaired) electrons. The van der Waals surface area contributed by atoms with E-state index in [1.165, 1.54) is 22.3 Å². The standard InChI is InChI=1S/C33H37N3O4/c1-21-6-9-30(40-18-24-8-7-23-16-35(26-19-39-20-26)12-10-27(23)22(24)2)28(14-21)29-4-3-5-31(34-29)36-13-11-33(32(37)38)15-25(33)17-36/h3-9,14,25-26H,10-13,15-20H2,1-2H3,(H,37,38). The topological polar surface area (TPSA) is 75.1 Å². The summed E-state index contributed by atoms with van der Waals surface area (Å²) in [5.41, 5.74) is 8.00. The Morgan fingerprint density at radius 3 is 2.80 bits per heavy atom. The Morgan fingerprint density at radius 2 is 2.02 bits per heavy atom. The number of aromatic nitrogens is 1. The Balaban J connectivity index is 1.09. The van der Waals surface area contributed by atoms with Crippen LogP contribution in [0.3, 0.4) is 0 Å². The quantitative estimate of drug-likeness (QED) is 0.453. The summed E-state index contributed by atoms with van der Waals surface area (Å²) in [6, 6.07) is 17.5. The smallest absolute Gasteiger partial charge is 0.310 e. The number of anilines is 1. The van der Waals surface area contributed by atoms with Gasteiger partial charge in [0, 0.05) is 31.7 Å². The summed E-state index contributed by atoms with van der Waals surface area (Å²) in [6.07, 6.45) is 2.54. The molecular weight excluding hydrogens is 502 g/mol. The molecule has 3 aromatic rings. The summed E-state index contributed by atoms with van der Waals surface area (Å²) in [4.78, 5) is 21.6. The number of ether oxygens (including phenoxy) is 2. The van der Waals surface area contributed by atoms with E-state index in [9.17, 15) is 9.90 Å². The first kappa shape index (κ1) is 25.5. The van der Waals surface area contributed by atoms with E-state index in [0.717, 1.165) is 80.6 Å². The van der Waals surface area contributed by atoms with Crippen molar-refractivity contribution in [2.75, 3.05) is 37.7 Å². The average molecular weight is 540 g/mol. The van der Waals surface area contributed by atoms with Gasteiger partial charge in [-0.2, -0.15) is 0 Å². The number of hydrogen-bond donors (Lipinski definition) is 1. The third-order valence-corrected chi connectivity index (χ3v) is 9.75. The number of rotatable bonds is 7. The first-order valence-corrected chi connectivity index (χ1v) is 14.5.